The Morgan fingerprint density at radius 2 is 2.10 bits per heavy atom. The Kier molecular flexibility index (Phi) is 6.05. The zero-order chi connectivity index (χ0) is 14.4. The quantitative estimate of drug-likeness (QED) is 0.772. The molecule has 1 unspecified atom stereocenters. The highest BCUT2D eigenvalue weighted by Crippen LogP contribution is 2.32. The molecule has 0 heterocycles. The number of amides is 1. The van der Waals surface area contributed by atoms with E-state index in [1.54, 1.807) is 0 Å². The van der Waals surface area contributed by atoms with E-state index >= 15 is 0 Å². The number of alkyl halides is 1. The van der Waals surface area contributed by atoms with Gasteiger partial charge in [-0.3, -0.25) is 4.79 Å². The molecule has 0 spiro atoms. The first-order valence-corrected chi connectivity index (χ1v) is 8.37. The summed E-state index contributed by atoms with van der Waals surface area (Å²) in [7, 11) is 0. The van der Waals surface area contributed by atoms with Crippen molar-refractivity contribution in [2.24, 2.45) is 5.92 Å². The normalized spacial score (nSPS) is 22.9. The van der Waals surface area contributed by atoms with Crippen molar-refractivity contribution in [1.82, 2.24) is 5.32 Å². The van der Waals surface area contributed by atoms with Crippen LogP contribution in [-0.4, -0.2) is 23.9 Å². The van der Waals surface area contributed by atoms with Crippen molar-refractivity contribution < 1.29 is 9.53 Å². The van der Waals surface area contributed by atoms with Crippen LogP contribution in [0.3, 0.4) is 0 Å². The Hall–Kier alpha value is -0.870. The number of rotatable bonds is 7. The molecule has 1 saturated carbocycles. The summed E-state index contributed by atoms with van der Waals surface area (Å²) in [6, 6.07) is 10.1. The first kappa shape index (κ1) is 15.5. The average Bonchev–Trinajstić information content (AvgIpc) is 2.43. The number of hydrogen-bond acceptors (Lipinski definition) is 2. The number of nitrogens with one attached hydrogen (secondary N) is 1. The van der Waals surface area contributed by atoms with E-state index in [0.717, 1.165) is 30.3 Å². The molecule has 1 aliphatic rings. The number of benzene rings is 1. The van der Waals surface area contributed by atoms with Crippen LogP contribution in [0.2, 0.25) is 0 Å². The molecule has 2 rings (SSSR count). The molecular formula is C16H22BrNO2. The van der Waals surface area contributed by atoms with Gasteiger partial charge < -0.3 is 10.1 Å². The van der Waals surface area contributed by atoms with Crippen LogP contribution < -0.4 is 5.32 Å². The maximum absolute atomic E-state index is 12.1. The zero-order valence-corrected chi connectivity index (χ0v) is 13.4. The fourth-order valence-corrected chi connectivity index (χ4v) is 3.16. The van der Waals surface area contributed by atoms with E-state index in [-0.39, 0.29) is 11.9 Å². The third kappa shape index (κ3) is 4.32. The SMILES string of the molecule is CCOC1CC(CC(=O)NC(CBr)c2ccccc2)C1. The molecule has 1 atom stereocenters. The van der Waals surface area contributed by atoms with E-state index in [1.807, 2.05) is 37.3 Å². The van der Waals surface area contributed by atoms with Crippen molar-refractivity contribution in [2.45, 2.75) is 38.3 Å². The molecule has 4 heteroatoms. The van der Waals surface area contributed by atoms with Crippen LogP contribution in [0.1, 0.15) is 37.8 Å². The highest BCUT2D eigenvalue weighted by Gasteiger charge is 2.31. The van der Waals surface area contributed by atoms with Crippen molar-refractivity contribution in [2.75, 3.05) is 11.9 Å². The van der Waals surface area contributed by atoms with Gasteiger partial charge in [-0.1, -0.05) is 46.3 Å². The molecule has 1 amide bonds. The molecule has 1 N–H and O–H groups in total. The van der Waals surface area contributed by atoms with Crippen LogP contribution in [0.25, 0.3) is 0 Å². The summed E-state index contributed by atoms with van der Waals surface area (Å²) in [5.41, 5.74) is 1.14. The summed E-state index contributed by atoms with van der Waals surface area (Å²) in [5, 5.41) is 3.83. The molecule has 1 aliphatic carbocycles. The minimum absolute atomic E-state index is 0.0477. The van der Waals surface area contributed by atoms with Gasteiger partial charge in [0.15, 0.2) is 0 Å². The van der Waals surface area contributed by atoms with Gasteiger partial charge in [0.05, 0.1) is 12.1 Å². The van der Waals surface area contributed by atoms with Gasteiger partial charge in [-0.05, 0) is 31.2 Å². The van der Waals surface area contributed by atoms with Gasteiger partial charge in [-0.15, -0.1) is 0 Å². The van der Waals surface area contributed by atoms with Gasteiger partial charge >= 0.3 is 0 Å². The first-order chi connectivity index (χ1) is 9.72. The maximum atomic E-state index is 12.1. The highest BCUT2D eigenvalue weighted by molar-refractivity contribution is 9.09. The predicted octanol–water partition coefficient (Wildman–Crippen LogP) is 3.44. The molecule has 0 radical (unpaired) electrons. The summed E-state index contributed by atoms with van der Waals surface area (Å²) in [6.07, 6.45) is 3.02. The lowest BCUT2D eigenvalue weighted by molar-refractivity contribution is -0.124. The van der Waals surface area contributed by atoms with Gasteiger partial charge in [0, 0.05) is 18.4 Å². The maximum Gasteiger partial charge on any atom is 0.220 e. The van der Waals surface area contributed by atoms with Gasteiger partial charge in [-0.25, -0.2) is 0 Å². The van der Waals surface area contributed by atoms with Crippen LogP contribution >= 0.6 is 15.9 Å². The summed E-state index contributed by atoms with van der Waals surface area (Å²) in [5.74, 6) is 0.622. The number of carbonyl (C=O) groups excluding carboxylic acids is 1. The van der Waals surface area contributed by atoms with E-state index in [1.165, 1.54) is 0 Å². The summed E-state index contributed by atoms with van der Waals surface area (Å²) < 4.78 is 5.52. The topological polar surface area (TPSA) is 38.3 Å². The van der Waals surface area contributed by atoms with Crippen LogP contribution in [0, 0.1) is 5.92 Å². The lowest BCUT2D eigenvalue weighted by atomic mass is 9.80. The minimum Gasteiger partial charge on any atom is -0.378 e. The minimum atomic E-state index is 0.0477. The van der Waals surface area contributed by atoms with Crippen LogP contribution in [0.15, 0.2) is 30.3 Å². The Bertz CT molecular complexity index is 418. The fraction of sp³-hybridized carbons (Fsp3) is 0.562. The second kappa shape index (κ2) is 7.79. The number of halogens is 1. The Morgan fingerprint density at radius 1 is 1.40 bits per heavy atom. The van der Waals surface area contributed by atoms with E-state index in [2.05, 4.69) is 21.2 Å². The molecular weight excluding hydrogens is 318 g/mol. The van der Waals surface area contributed by atoms with Gasteiger partial charge in [-0.2, -0.15) is 0 Å². The lowest BCUT2D eigenvalue weighted by Crippen LogP contribution is -2.37. The highest BCUT2D eigenvalue weighted by atomic mass is 79.9. The Labute approximate surface area is 129 Å². The smallest absolute Gasteiger partial charge is 0.220 e. The van der Waals surface area contributed by atoms with Crippen molar-refractivity contribution in [3.05, 3.63) is 35.9 Å². The average molecular weight is 340 g/mol. The van der Waals surface area contributed by atoms with Gasteiger partial charge in [0.2, 0.25) is 5.91 Å². The molecule has 3 nitrogen and oxygen atoms in total. The van der Waals surface area contributed by atoms with Crippen molar-refractivity contribution in [3.63, 3.8) is 0 Å². The molecule has 0 saturated heterocycles. The second-order valence-corrected chi connectivity index (χ2v) is 5.95. The third-order valence-electron chi connectivity index (χ3n) is 3.76. The van der Waals surface area contributed by atoms with Crippen molar-refractivity contribution in [3.8, 4) is 0 Å². The Morgan fingerprint density at radius 3 is 2.70 bits per heavy atom. The summed E-state index contributed by atoms with van der Waals surface area (Å²) >= 11 is 3.47. The van der Waals surface area contributed by atoms with E-state index in [0.29, 0.717) is 18.4 Å². The molecule has 0 bridgehead atoms. The van der Waals surface area contributed by atoms with Gasteiger partial charge in [0.1, 0.15) is 0 Å². The predicted molar refractivity (Wildman–Crippen MR) is 83.9 cm³/mol. The van der Waals surface area contributed by atoms with E-state index < -0.39 is 0 Å². The first-order valence-electron chi connectivity index (χ1n) is 7.24. The zero-order valence-electron chi connectivity index (χ0n) is 11.8. The van der Waals surface area contributed by atoms with Crippen molar-refractivity contribution >= 4 is 21.8 Å². The molecule has 0 aliphatic heterocycles. The number of hydrogen-bond donors (Lipinski definition) is 1. The molecule has 1 aromatic rings. The standard InChI is InChI=1S/C16H22BrNO2/c1-2-20-14-8-12(9-14)10-16(19)18-15(11-17)13-6-4-3-5-7-13/h3-7,12,14-15H,2,8-11H2,1H3,(H,18,19). The second-order valence-electron chi connectivity index (χ2n) is 5.30. The van der Waals surface area contributed by atoms with Gasteiger partial charge in [0.25, 0.3) is 0 Å². The third-order valence-corrected chi connectivity index (χ3v) is 4.41. The summed E-state index contributed by atoms with van der Waals surface area (Å²) in [4.78, 5) is 12.1. The van der Waals surface area contributed by atoms with Crippen molar-refractivity contribution in [1.29, 1.82) is 0 Å². The Balaban J connectivity index is 1.76. The molecule has 110 valence electrons. The molecule has 20 heavy (non-hydrogen) atoms. The lowest BCUT2D eigenvalue weighted by Gasteiger charge is -2.34. The van der Waals surface area contributed by atoms with Crippen LogP contribution in [-0.2, 0) is 9.53 Å². The van der Waals surface area contributed by atoms with E-state index in [4.69, 9.17) is 4.74 Å². The number of ether oxygens (including phenoxy) is 1. The van der Waals surface area contributed by atoms with Crippen LogP contribution in [0.4, 0.5) is 0 Å². The monoisotopic (exact) mass is 339 g/mol. The molecule has 0 aromatic heterocycles. The molecule has 1 aromatic carbocycles. The number of carbonyl (C=O) groups is 1. The molecule has 1 fully saturated rings. The van der Waals surface area contributed by atoms with Crippen LogP contribution in [0.5, 0.6) is 0 Å². The summed E-state index contributed by atoms with van der Waals surface area (Å²) in [6.45, 7) is 2.78. The largest absolute Gasteiger partial charge is 0.378 e. The van der Waals surface area contributed by atoms with E-state index in [9.17, 15) is 4.79 Å². The fourth-order valence-electron chi connectivity index (χ4n) is 2.62.